The van der Waals surface area contributed by atoms with Gasteiger partial charge in [0.1, 0.15) is 23.2 Å². The highest BCUT2D eigenvalue weighted by Gasteiger charge is 2.41. The highest BCUT2D eigenvalue weighted by Crippen LogP contribution is 2.43. The highest BCUT2D eigenvalue weighted by atomic mass is 19.4. The van der Waals surface area contributed by atoms with E-state index in [1.165, 1.54) is 35.2 Å². The number of amidine groups is 1. The standard InChI is InChI=1S/C29H21F5N2O2/c30-21-13-11-18(12-14-21)17-7-9-19(10-8-17)28-35-27-23(5-2-6-24(27)31)25(16-26(37)38)36(28)22-4-1-3-20(15-22)29(32,33)34/h1-14,22,25H,15-16H2,(H,37,38). The highest BCUT2D eigenvalue weighted by molar-refractivity contribution is 6.03. The fraction of sp³-hybridized carbons (Fsp3) is 0.172. The summed E-state index contributed by atoms with van der Waals surface area (Å²) in [6, 6.07) is 15.1. The molecule has 2 aliphatic rings. The van der Waals surface area contributed by atoms with E-state index < -0.39 is 48.5 Å². The lowest BCUT2D eigenvalue weighted by Crippen LogP contribution is -2.46. The number of para-hydroxylation sites is 1. The first kappa shape index (κ1) is 25.4. The summed E-state index contributed by atoms with van der Waals surface area (Å²) in [6.07, 6.45) is -1.60. The number of alkyl halides is 3. The smallest absolute Gasteiger partial charge is 0.412 e. The predicted octanol–water partition coefficient (Wildman–Crippen LogP) is 7.36. The zero-order valence-corrected chi connectivity index (χ0v) is 19.8. The SMILES string of the molecule is O=C(O)CC1c2cccc(F)c2N=C(c2ccc(-c3ccc(F)cc3)cc2)N1C1C=CC=C(C(F)(F)F)C1. The fourth-order valence-corrected chi connectivity index (χ4v) is 4.87. The summed E-state index contributed by atoms with van der Waals surface area (Å²) in [4.78, 5) is 17.9. The third-order valence-electron chi connectivity index (χ3n) is 6.64. The number of allylic oxidation sites excluding steroid dienone is 2. The Morgan fingerprint density at radius 1 is 0.947 bits per heavy atom. The maximum atomic E-state index is 14.9. The first-order valence-electron chi connectivity index (χ1n) is 11.8. The molecule has 9 heteroatoms. The number of benzene rings is 3. The van der Waals surface area contributed by atoms with Gasteiger partial charge in [-0.15, -0.1) is 0 Å². The molecule has 2 unspecified atom stereocenters. The van der Waals surface area contributed by atoms with Crippen LogP contribution in [-0.4, -0.2) is 34.0 Å². The second kappa shape index (κ2) is 9.89. The molecule has 0 bridgehead atoms. The topological polar surface area (TPSA) is 52.9 Å². The maximum absolute atomic E-state index is 14.9. The lowest BCUT2D eigenvalue weighted by Gasteiger charge is -2.43. The first-order valence-corrected chi connectivity index (χ1v) is 11.8. The van der Waals surface area contributed by atoms with Crippen LogP contribution in [0.4, 0.5) is 27.6 Å². The van der Waals surface area contributed by atoms with Crippen molar-refractivity contribution in [2.75, 3.05) is 0 Å². The van der Waals surface area contributed by atoms with Crippen LogP contribution in [0.25, 0.3) is 11.1 Å². The van der Waals surface area contributed by atoms with Crippen LogP contribution in [-0.2, 0) is 4.79 Å². The maximum Gasteiger partial charge on any atom is 0.412 e. The molecular weight excluding hydrogens is 503 g/mol. The number of halogens is 5. The van der Waals surface area contributed by atoms with Crippen molar-refractivity contribution in [1.82, 2.24) is 4.90 Å². The quantitative estimate of drug-likeness (QED) is 0.355. The van der Waals surface area contributed by atoms with E-state index in [-0.39, 0.29) is 22.9 Å². The van der Waals surface area contributed by atoms with E-state index in [9.17, 15) is 31.9 Å². The Labute approximate surface area is 215 Å². The van der Waals surface area contributed by atoms with E-state index in [1.807, 2.05) is 0 Å². The molecule has 194 valence electrons. The van der Waals surface area contributed by atoms with Crippen LogP contribution in [0.1, 0.15) is 30.0 Å². The zero-order valence-electron chi connectivity index (χ0n) is 19.8. The number of nitrogens with zero attached hydrogens (tertiary/aromatic N) is 2. The van der Waals surface area contributed by atoms with Gasteiger partial charge >= 0.3 is 12.1 Å². The summed E-state index contributed by atoms with van der Waals surface area (Å²) >= 11 is 0. The van der Waals surface area contributed by atoms with Crippen molar-refractivity contribution in [3.8, 4) is 11.1 Å². The van der Waals surface area contributed by atoms with Crippen LogP contribution >= 0.6 is 0 Å². The molecule has 0 radical (unpaired) electrons. The Balaban J connectivity index is 1.62. The number of carboxylic acid groups (broad SMARTS) is 1. The minimum Gasteiger partial charge on any atom is -0.481 e. The van der Waals surface area contributed by atoms with Gasteiger partial charge in [0.15, 0.2) is 0 Å². The van der Waals surface area contributed by atoms with Gasteiger partial charge in [-0.1, -0.05) is 66.8 Å². The van der Waals surface area contributed by atoms with Crippen molar-refractivity contribution in [3.05, 3.63) is 113 Å². The molecular formula is C29H21F5N2O2. The summed E-state index contributed by atoms with van der Waals surface area (Å²) < 4.78 is 69.1. The predicted molar refractivity (Wildman–Crippen MR) is 133 cm³/mol. The molecule has 0 amide bonds. The van der Waals surface area contributed by atoms with Gasteiger partial charge in [-0.3, -0.25) is 4.79 Å². The summed E-state index contributed by atoms with van der Waals surface area (Å²) in [7, 11) is 0. The van der Waals surface area contributed by atoms with Crippen molar-refractivity contribution >= 4 is 17.5 Å². The Bertz CT molecular complexity index is 1460. The van der Waals surface area contributed by atoms with Gasteiger partial charge in [-0.2, -0.15) is 13.2 Å². The largest absolute Gasteiger partial charge is 0.481 e. The van der Waals surface area contributed by atoms with E-state index in [2.05, 4.69) is 4.99 Å². The summed E-state index contributed by atoms with van der Waals surface area (Å²) in [6.45, 7) is 0. The average molecular weight is 524 g/mol. The van der Waals surface area contributed by atoms with Crippen LogP contribution in [0.5, 0.6) is 0 Å². The number of hydrogen-bond donors (Lipinski definition) is 1. The molecule has 1 N–H and O–H groups in total. The second-order valence-corrected chi connectivity index (χ2v) is 9.06. The average Bonchev–Trinajstić information content (AvgIpc) is 2.89. The Kier molecular flexibility index (Phi) is 6.60. The lowest BCUT2D eigenvalue weighted by molar-refractivity contribution is -0.138. The first-order chi connectivity index (χ1) is 18.1. The molecule has 5 rings (SSSR count). The minimum atomic E-state index is -4.56. The number of fused-ring (bicyclic) bond motifs is 1. The number of carbonyl (C=O) groups is 1. The van der Waals surface area contributed by atoms with Crippen molar-refractivity contribution in [2.45, 2.75) is 31.1 Å². The molecule has 3 aromatic rings. The summed E-state index contributed by atoms with van der Waals surface area (Å²) in [5.41, 5.74) is 1.46. The molecule has 1 heterocycles. The third-order valence-corrected chi connectivity index (χ3v) is 6.64. The summed E-state index contributed by atoms with van der Waals surface area (Å²) in [5.74, 6) is -2.06. The van der Waals surface area contributed by atoms with E-state index >= 15 is 0 Å². The van der Waals surface area contributed by atoms with E-state index in [4.69, 9.17) is 0 Å². The molecule has 0 spiro atoms. The van der Waals surface area contributed by atoms with Crippen molar-refractivity contribution in [2.24, 2.45) is 4.99 Å². The Morgan fingerprint density at radius 2 is 1.58 bits per heavy atom. The molecule has 0 saturated carbocycles. The van der Waals surface area contributed by atoms with Gasteiger partial charge < -0.3 is 10.0 Å². The minimum absolute atomic E-state index is 0.0426. The van der Waals surface area contributed by atoms with Gasteiger partial charge in [0.05, 0.1) is 18.5 Å². The van der Waals surface area contributed by atoms with Crippen LogP contribution < -0.4 is 0 Å². The van der Waals surface area contributed by atoms with Crippen molar-refractivity contribution in [3.63, 3.8) is 0 Å². The number of rotatable bonds is 5. The van der Waals surface area contributed by atoms with Crippen LogP contribution in [0.15, 0.2) is 95.5 Å². The molecule has 0 saturated heterocycles. The number of aliphatic carboxylic acids is 1. The second-order valence-electron chi connectivity index (χ2n) is 9.06. The van der Waals surface area contributed by atoms with Gasteiger partial charge in [-0.25, -0.2) is 13.8 Å². The lowest BCUT2D eigenvalue weighted by atomic mass is 9.90. The molecule has 0 fully saturated rings. The van der Waals surface area contributed by atoms with Crippen LogP contribution in [0, 0.1) is 11.6 Å². The molecule has 0 aromatic heterocycles. The van der Waals surface area contributed by atoms with Crippen molar-refractivity contribution < 1.29 is 31.9 Å². The molecule has 4 nitrogen and oxygen atoms in total. The molecule has 38 heavy (non-hydrogen) atoms. The molecule has 3 aromatic carbocycles. The summed E-state index contributed by atoms with van der Waals surface area (Å²) in [5, 5.41) is 9.70. The third kappa shape index (κ3) is 4.96. The van der Waals surface area contributed by atoms with Crippen molar-refractivity contribution in [1.29, 1.82) is 0 Å². The molecule has 1 aliphatic carbocycles. The monoisotopic (exact) mass is 524 g/mol. The van der Waals surface area contributed by atoms with E-state index in [0.29, 0.717) is 5.56 Å². The van der Waals surface area contributed by atoms with Gasteiger partial charge in [0, 0.05) is 23.1 Å². The van der Waals surface area contributed by atoms with E-state index in [0.717, 1.165) is 17.2 Å². The Hall–Kier alpha value is -4.27. The zero-order chi connectivity index (χ0) is 27.0. The van der Waals surface area contributed by atoms with Crippen LogP contribution in [0.3, 0.4) is 0 Å². The Morgan fingerprint density at radius 3 is 2.21 bits per heavy atom. The normalized spacial score (nSPS) is 19.0. The number of carboxylic acids is 1. The van der Waals surface area contributed by atoms with Gasteiger partial charge in [0.2, 0.25) is 0 Å². The number of aliphatic imine (C=N–C) groups is 1. The number of hydrogen-bond acceptors (Lipinski definition) is 3. The van der Waals surface area contributed by atoms with E-state index in [1.54, 1.807) is 48.5 Å². The fourth-order valence-electron chi connectivity index (χ4n) is 4.87. The van der Waals surface area contributed by atoms with Gasteiger partial charge in [0.25, 0.3) is 0 Å². The molecule has 2 atom stereocenters. The van der Waals surface area contributed by atoms with Crippen LogP contribution in [0.2, 0.25) is 0 Å². The molecule has 1 aliphatic heterocycles. The van der Waals surface area contributed by atoms with Gasteiger partial charge in [-0.05, 0) is 29.3 Å².